The standard InChI is InChI=1S/C8H10F7N/c1-4(2)3-5(4,16)6(9,10)7(11,12)8(13,14)15/h3,16H2,1-2H3. The van der Waals surface area contributed by atoms with Crippen LogP contribution in [0.5, 0.6) is 0 Å². The van der Waals surface area contributed by atoms with Crippen molar-refractivity contribution in [2.24, 2.45) is 11.1 Å². The van der Waals surface area contributed by atoms with Gasteiger partial charge in [-0.25, -0.2) is 0 Å². The Morgan fingerprint density at radius 3 is 1.44 bits per heavy atom. The van der Waals surface area contributed by atoms with Crippen LogP contribution in [0.1, 0.15) is 20.3 Å². The monoisotopic (exact) mass is 253 g/mol. The van der Waals surface area contributed by atoms with Gasteiger partial charge in [-0.2, -0.15) is 30.7 Å². The molecule has 1 saturated carbocycles. The lowest BCUT2D eigenvalue weighted by Gasteiger charge is -2.34. The van der Waals surface area contributed by atoms with Crippen LogP contribution in [0.4, 0.5) is 30.7 Å². The second kappa shape index (κ2) is 2.83. The van der Waals surface area contributed by atoms with Crippen LogP contribution in [0.2, 0.25) is 0 Å². The Balaban J connectivity index is 3.14. The third kappa shape index (κ3) is 1.34. The molecule has 0 aromatic carbocycles. The van der Waals surface area contributed by atoms with Gasteiger partial charge in [0, 0.05) is 0 Å². The quantitative estimate of drug-likeness (QED) is 0.752. The van der Waals surface area contributed by atoms with Crippen molar-refractivity contribution in [3.05, 3.63) is 0 Å². The molecule has 1 nitrogen and oxygen atoms in total. The smallest absolute Gasteiger partial charge is 0.319 e. The molecule has 1 rings (SSSR count). The maximum atomic E-state index is 13.2. The van der Waals surface area contributed by atoms with Gasteiger partial charge in [-0.1, -0.05) is 13.8 Å². The predicted molar refractivity (Wildman–Crippen MR) is 41.3 cm³/mol. The summed E-state index contributed by atoms with van der Waals surface area (Å²) in [6, 6.07) is 0. The van der Waals surface area contributed by atoms with E-state index in [1.165, 1.54) is 0 Å². The average Bonchev–Trinajstić information content (AvgIpc) is 2.50. The van der Waals surface area contributed by atoms with Crippen LogP contribution in [-0.4, -0.2) is 23.6 Å². The van der Waals surface area contributed by atoms with Crippen LogP contribution in [0.3, 0.4) is 0 Å². The Bertz CT molecular complexity index is 306. The highest BCUT2D eigenvalue weighted by atomic mass is 19.4. The van der Waals surface area contributed by atoms with Crippen LogP contribution in [0, 0.1) is 5.41 Å². The number of alkyl halides is 7. The molecular formula is C8H10F7N. The van der Waals surface area contributed by atoms with Crippen molar-refractivity contribution in [2.75, 3.05) is 0 Å². The zero-order valence-corrected chi connectivity index (χ0v) is 8.43. The first kappa shape index (κ1) is 13.5. The zero-order chi connectivity index (χ0) is 13.2. The Morgan fingerprint density at radius 1 is 0.938 bits per heavy atom. The van der Waals surface area contributed by atoms with Gasteiger partial charge in [0.15, 0.2) is 0 Å². The predicted octanol–water partition coefficient (Wildman–Crippen LogP) is 2.95. The normalized spacial score (nSPS) is 30.4. The van der Waals surface area contributed by atoms with Crippen LogP contribution in [0.25, 0.3) is 0 Å². The molecule has 0 heterocycles. The minimum absolute atomic E-state index is 0.585. The highest BCUT2D eigenvalue weighted by molar-refractivity contribution is 5.25. The van der Waals surface area contributed by atoms with E-state index in [0.29, 0.717) is 0 Å². The number of rotatable bonds is 2. The lowest BCUT2D eigenvalue weighted by molar-refractivity contribution is -0.363. The largest absolute Gasteiger partial charge is 0.459 e. The minimum Gasteiger partial charge on any atom is -0.319 e. The number of nitrogens with two attached hydrogens (primary N) is 1. The van der Waals surface area contributed by atoms with E-state index in [1.807, 2.05) is 0 Å². The van der Waals surface area contributed by atoms with Gasteiger partial charge in [0.25, 0.3) is 0 Å². The first-order valence-electron chi connectivity index (χ1n) is 4.32. The summed E-state index contributed by atoms with van der Waals surface area (Å²) in [6.45, 7) is 2.24. The molecule has 1 atom stereocenters. The first-order chi connectivity index (χ1) is 6.71. The molecule has 0 aromatic rings. The van der Waals surface area contributed by atoms with Crippen molar-refractivity contribution in [1.29, 1.82) is 0 Å². The van der Waals surface area contributed by atoms with Crippen molar-refractivity contribution in [1.82, 2.24) is 0 Å². The lowest BCUT2D eigenvalue weighted by atomic mass is 9.93. The topological polar surface area (TPSA) is 26.0 Å². The molecule has 1 aliphatic carbocycles. The maximum Gasteiger partial charge on any atom is 0.459 e. The van der Waals surface area contributed by atoms with E-state index in [2.05, 4.69) is 0 Å². The fourth-order valence-corrected chi connectivity index (χ4v) is 1.65. The molecule has 2 N–H and O–H groups in total. The van der Waals surface area contributed by atoms with Gasteiger partial charge in [0.05, 0.1) is 5.54 Å². The molecule has 16 heavy (non-hydrogen) atoms. The van der Waals surface area contributed by atoms with Crippen LogP contribution in [0.15, 0.2) is 0 Å². The first-order valence-corrected chi connectivity index (χ1v) is 4.32. The summed E-state index contributed by atoms with van der Waals surface area (Å²) in [7, 11) is 0. The molecule has 0 bridgehead atoms. The Kier molecular flexibility index (Phi) is 2.39. The summed E-state index contributed by atoms with van der Waals surface area (Å²) < 4.78 is 87.2. The van der Waals surface area contributed by atoms with Crippen molar-refractivity contribution < 1.29 is 30.7 Å². The maximum absolute atomic E-state index is 13.2. The van der Waals surface area contributed by atoms with E-state index in [1.54, 1.807) is 0 Å². The Morgan fingerprint density at radius 2 is 1.25 bits per heavy atom. The van der Waals surface area contributed by atoms with Crippen molar-refractivity contribution in [2.45, 2.75) is 43.8 Å². The fourth-order valence-electron chi connectivity index (χ4n) is 1.65. The van der Waals surface area contributed by atoms with Crippen LogP contribution < -0.4 is 5.73 Å². The fraction of sp³-hybridized carbons (Fsp3) is 1.00. The minimum atomic E-state index is -6.32. The molecule has 96 valence electrons. The van der Waals surface area contributed by atoms with E-state index in [9.17, 15) is 30.7 Å². The second-order valence-corrected chi connectivity index (χ2v) is 4.68. The van der Waals surface area contributed by atoms with Gasteiger partial charge < -0.3 is 5.73 Å². The van der Waals surface area contributed by atoms with Crippen molar-refractivity contribution >= 4 is 0 Å². The number of halogens is 7. The van der Waals surface area contributed by atoms with Gasteiger partial charge in [-0.05, 0) is 11.8 Å². The summed E-state index contributed by atoms with van der Waals surface area (Å²) in [4.78, 5) is 0. The van der Waals surface area contributed by atoms with E-state index < -0.39 is 35.4 Å². The van der Waals surface area contributed by atoms with E-state index in [-0.39, 0.29) is 0 Å². The molecule has 1 aliphatic rings. The SMILES string of the molecule is CC1(C)CC1(N)C(F)(F)C(F)(F)C(F)(F)F. The van der Waals surface area contributed by atoms with Crippen molar-refractivity contribution in [3.8, 4) is 0 Å². The Labute approximate surface area is 86.8 Å². The van der Waals surface area contributed by atoms with E-state index in [4.69, 9.17) is 5.73 Å². The van der Waals surface area contributed by atoms with Gasteiger partial charge >= 0.3 is 18.0 Å². The molecule has 1 unspecified atom stereocenters. The molecular weight excluding hydrogens is 243 g/mol. The van der Waals surface area contributed by atoms with Crippen LogP contribution >= 0.6 is 0 Å². The molecule has 0 spiro atoms. The molecule has 0 radical (unpaired) electrons. The van der Waals surface area contributed by atoms with Gasteiger partial charge in [0.2, 0.25) is 0 Å². The molecule has 8 heteroatoms. The molecule has 0 aliphatic heterocycles. The van der Waals surface area contributed by atoms with Gasteiger partial charge in [-0.15, -0.1) is 0 Å². The molecule has 0 saturated heterocycles. The van der Waals surface area contributed by atoms with E-state index in [0.717, 1.165) is 13.8 Å². The lowest BCUT2D eigenvalue weighted by Crippen LogP contribution is -2.63. The summed E-state index contributed by atoms with van der Waals surface area (Å²) in [5.41, 5.74) is 0.695. The molecule has 0 amide bonds. The summed E-state index contributed by atoms with van der Waals surface area (Å²) in [5.74, 6) is -11.4. The highest BCUT2D eigenvalue weighted by Gasteiger charge is 2.86. The second-order valence-electron chi connectivity index (χ2n) is 4.68. The average molecular weight is 253 g/mol. The number of hydrogen-bond acceptors (Lipinski definition) is 1. The highest BCUT2D eigenvalue weighted by Crippen LogP contribution is 2.66. The third-order valence-corrected chi connectivity index (χ3v) is 3.11. The number of hydrogen-bond donors (Lipinski definition) is 1. The Hall–Kier alpha value is -0.530. The van der Waals surface area contributed by atoms with Crippen LogP contribution in [-0.2, 0) is 0 Å². The van der Waals surface area contributed by atoms with Crippen molar-refractivity contribution in [3.63, 3.8) is 0 Å². The summed E-state index contributed by atoms with van der Waals surface area (Å²) in [5, 5.41) is 0. The van der Waals surface area contributed by atoms with Gasteiger partial charge in [0.1, 0.15) is 0 Å². The molecule has 0 aromatic heterocycles. The molecule has 1 fully saturated rings. The van der Waals surface area contributed by atoms with E-state index >= 15 is 0 Å². The third-order valence-electron chi connectivity index (χ3n) is 3.11. The summed E-state index contributed by atoms with van der Waals surface area (Å²) in [6.07, 6.45) is -6.90. The zero-order valence-electron chi connectivity index (χ0n) is 8.43. The van der Waals surface area contributed by atoms with Gasteiger partial charge in [-0.3, -0.25) is 0 Å². The summed E-state index contributed by atoms with van der Waals surface area (Å²) >= 11 is 0.